The largest absolute Gasteiger partial charge is 0.497 e. The Morgan fingerprint density at radius 2 is 1.51 bits per heavy atom. The third kappa shape index (κ3) is 5.02. The number of anilines is 1. The summed E-state index contributed by atoms with van der Waals surface area (Å²) < 4.78 is 28.2. The SMILES string of the molecule is COc1ccc(Oc2ccc(N3C(=S)N[C@H](c4ccccn4)[C@H]3c3cc(C)n(-c4ccccc4F)c3C)cc2)cc1. The van der Waals surface area contributed by atoms with E-state index >= 15 is 0 Å². The molecular weight excluding hydrogens is 535 g/mol. The molecule has 1 saturated heterocycles. The van der Waals surface area contributed by atoms with Crippen molar-refractivity contribution in [2.24, 2.45) is 0 Å². The molecule has 1 fully saturated rings. The monoisotopic (exact) mass is 564 g/mol. The Morgan fingerprint density at radius 3 is 2.17 bits per heavy atom. The number of halogens is 1. The summed E-state index contributed by atoms with van der Waals surface area (Å²) in [5.41, 5.74) is 5.20. The second-order valence-electron chi connectivity index (χ2n) is 9.88. The van der Waals surface area contributed by atoms with Gasteiger partial charge in [-0.15, -0.1) is 0 Å². The van der Waals surface area contributed by atoms with E-state index in [0.717, 1.165) is 34.1 Å². The predicted molar refractivity (Wildman–Crippen MR) is 163 cm³/mol. The van der Waals surface area contributed by atoms with Gasteiger partial charge < -0.3 is 24.3 Å². The second kappa shape index (κ2) is 11.1. The van der Waals surface area contributed by atoms with Crippen LogP contribution in [0, 0.1) is 19.7 Å². The van der Waals surface area contributed by atoms with Crippen LogP contribution in [0.2, 0.25) is 0 Å². The molecule has 6 nitrogen and oxygen atoms in total. The van der Waals surface area contributed by atoms with E-state index in [1.54, 1.807) is 25.4 Å². The molecule has 3 heterocycles. The summed E-state index contributed by atoms with van der Waals surface area (Å²) in [4.78, 5) is 6.77. The number of thiocarbonyl (C=S) groups is 1. The average Bonchev–Trinajstić information content (AvgIpc) is 3.49. The molecule has 1 aliphatic heterocycles. The van der Waals surface area contributed by atoms with Gasteiger partial charge in [0.1, 0.15) is 23.1 Å². The Morgan fingerprint density at radius 1 is 0.854 bits per heavy atom. The van der Waals surface area contributed by atoms with Gasteiger partial charge in [0, 0.05) is 23.3 Å². The van der Waals surface area contributed by atoms with E-state index in [2.05, 4.69) is 21.3 Å². The van der Waals surface area contributed by atoms with Crippen molar-refractivity contribution in [1.29, 1.82) is 0 Å². The lowest BCUT2D eigenvalue weighted by Gasteiger charge is -2.28. The van der Waals surface area contributed by atoms with Crippen LogP contribution in [0.3, 0.4) is 0 Å². The van der Waals surface area contributed by atoms with Crippen LogP contribution in [-0.2, 0) is 0 Å². The predicted octanol–water partition coefficient (Wildman–Crippen LogP) is 7.61. The topological polar surface area (TPSA) is 51.6 Å². The van der Waals surface area contributed by atoms with E-state index in [-0.39, 0.29) is 17.9 Å². The van der Waals surface area contributed by atoms with Crippen molar-refractivity contribution in [1.82, 2.24) is 14.9 Å². The van der Waals surface area contributed by atoms with Crippen LogP contribution in [0.5, 0.6) is 17.2 Å². The molecule has 1 aliphatic rings. The van der Waals surface area contributed by atoms with E-state index in [0.29, 0.717) is 22.3 Å². The van der Waals surface area contributed by atoms with Crippen LogP contribution in [0.25, 0.3) is 5.69 Å². The summed E-state index contributed by atoms with van der Waals surface area (Å²) >= 11 is 5.91. The highest BCUT2D eigenvalue weighted by atomic mass is 32.1. The maximum absolute atomic E-state index is 14.9. The van der Waals surface area contributed by atoms with Crippen molar-refractivity contribution in [3.05, 3.63) is 132 Å². The van der Waals surface area contributed by atoms with Crippen molar-refractivity contribution in [3.8, 4) is 22.9 Å². The molecule has 2 aromatic heterocycles. The van der Waals surface area contributed by atoms with Crippen molar-refractivity contribution >= 4 is 23.0 Å². The first kappa shape index (κ1) is 26.5. The highest BCUT2D eigenvalue weighted by Crippen LogP contribution is 2.44. The van der Waals surface area contributed by atoms with Gasteiger partial charge in [-0.05, 0) is 110 Å². The fourth-order valence-corrected chi connectivity index (χ4v) is 5.84. The summed E-state index contributed by atoms with van der Waals surface area (Å²) in [6.07, 6.45) is 1.79. The Hall–Kier alpha value is -4.69. The van der Waals surface area contributed by atoms with Gasteiger partial charge in [0.05, 0.1) is 30.6 Å². The molecule has 0 spiro atoms. The summed E-state index contributed by atoms with van der Waals surface area (Å²) in [5.74, 6) is 1.91. The Labute approximate surface area is 244 Å². The number of aromatic nitrogens is 2. The van der Waals surface area contributed by atoms with Gasteiger partial charge in [-0.1, -0.05) is 18.2 Å². The van der Waals surface area contributed by atoms with Crippen LogP contribution < -0.4 is 19.7 Å². The zero-order valence-electron chi connectivity index (χ0n) is 22.9. The van der Waals surface area contributed by atoms with E-state index in [1.807, 2.05) is 91.2 Å². The highest BCUT2D eigenvalue weighted by Gasteiger charge is 2.42. The number of benzene rings is 3. The van der Waals surface area contributed by atoms with Gasteiger partial charge >= 0.3 is 0 Å². The van der Waals surface area contributed by atoms with Crippen LogP contribution in [-0.4, -0.2) is 21.8 Å². The third-order valence-electron chi connectivity index (χ3n) is 7.39. The Bertz CT molecular complexity index is 1690. The zero-order chi connectivity index (χ0) is 28.5. The maximum atomic E-state index is 14.9. The number of nitrogens with zero attached hydrogens (tertiary/aromatic N) is 3. The molecular formula is C33H29FN4O2S. The minimum absolute atomic E-state index is 0.214. The summed E-state index contributed by atoms with van der Waals surface area (Å²) in [5, 5.41) is 4.10. The smallest absolute Gasteiger partial charge is 0.174 e. The minimum Gasteiger partial charge on any atom is -0.497 e. The molecule has 0 amide bonds. The number of nitrogens with one attached hydrogen (secondary N) is 1. The van der Waals surface area contributed by atoms with Gasteiger partial charge in [-0.3, -0.25) is 4.98 Å². The molecule has 1 N–H and O–H groups in total. The van der Waals surface area contributed by atoms with Gasteiger partial charge in [-0.2, -0.15) is 0 Å². The molecule has 8 heteroatoms. The Balaban J connectivity index is 1.39. The number of ether oxygens (including phenoxy) is 2. The van der Waals surface area contributed by atoms with Crippen molar-refractivity contribution in [3.63, 3.8) is 0 Å². The van der Waals surface area contributed by atoms with Gasteiger partial charge in [0.2, 0.25) is 0 Å². The zero-order valence-corrected chi connectivity index (χ0v) is 23.7. The quantitative estimate of drug-likeness (QED) is 0.205. The van der Waals surface area contributed by atoms with Crippen molar-refractivity contribution in [2.45, 2.75) is 25.9 Å². The molecule has 3 aromatic carbocycles. The van der Waals surface area contributed by atoms with Gasteiger partial charge in [-0.25, -0.2) is 4.39 Å². The fourth-order valence-electron chi connectivity index (χ4n) is 5.49. The molecule has 0 saturated carbocycles. The number of aryl methyl sites for hydroxylation is 1. The first-order valence-electron chi connectivity index (χ1n) is 13.3. The minimum atomic E-state index is -0.272. The lowest BCUT2D eigenvalue weighted by molar-refractivity contribution is 0.413. The number of pyridine rings is 1. The molecule has 2 atom stereocenters. The summed E-state index contributed by atoms with van der Waals surface area (Å²) in [6.45, 7) is 4.02. The van der Waals surface area contributed by atoms with Crippen LogP contribution in [0.15, 0.2) is 103 Å². The Kier molecular flexibility index (Phi) is 7.15. The van der Waals surface area contributed by atoms with Gasteiger partial charge in [0.25, 0.3) is 0 Å². The van der Waals surface area contributed by atoms with E-state index in [4.69, 9.17) is 21.7 Å². The van der Waals surface area contributed by atoms with Crippen LogP contribution in [0.1, 0.15) is 34.7 Å². The number of rotatable bonds is 7. The summed E-state index contributed by atoms with van der Waals surface area (Å²) in [6, 6.07) is 29.7. The number of hydrogen-bond acceptors (Lipinski definition) is 4. The molecule has 6 rings (SSSR count). The molecule has 41 heavy (non-hydrogen) atoms. The van der Waals surface area contributed by atoms with E-state index in [1.165, 1.54) is 6.07 Å². The second-order valence-corrected chi connectivity index (χ2v) is 10.3. The number of hydrogen-bond donors (Lipinski definition) is 1. The molecule has 0 aliphatic carbocycles. The first-order valence-corrected chi connectivity index (χ1v) is 13.7. The number of para-hydroxylation sites is 1. The fraction of sp³-hybridized carbons (Fsp3) is 0.152. The summed E-state index contributed by atoms with van der Waals surface area (Å²) in [7, 11) is 1.63. The van der Waals surface area contributed by atoms with E-state index < -0.39 is 0 Å². The highest BCUT2D eigenvalue weighted by molar-refractivity contribution is 7.80. The molecule has 5 aromatic rings. The third-order valence-corrected chi connectivity index (χ3v) is 7.70. The lowest BCUT2D eigenvalue weighted by atomic mass is 9.96. The van der Waals surface area contributed by atoms with Crippen molar-refractivity contribution < 1.29 is 13.9 Å². The number of methoxy groups -OCH3 is 1. The molecule has 206 valence electrons. The van der Waals surface area contributed by atoms with E-state index in [9.17, 15) is 4.39 Å². The normalized spacial score (nSPS) is 16.5. The molecule has 0 bridgehead atoms. The average molecular weight is 565 g/mol. The van der Waals surface area contributed by atoms with Crippen LogP contribution >= 0.6 is 12.2 Å². The van der Waals surface area contributed by atoms with Gasteiger partial charge in [0.15, 0.2) is 5.11 Å². The standard InChI is InChI=1S/C33H29FN4O2S/c1-21-20-27(22(2)37(21)30-10-5-4-8-28(30)34)32-31(29-9-6-7-19-35-29)36-33(41)38(32)23-11-13-25(14-12-23)40-26-17-15-24(39-3)16-18-26/h4-20,31-32H,1-3H3,(H,36,41)/t31-,32-/m1/s1. The maximum Gasteiger partial charge on any atom is 0.174 e. The van der Waals surface area contributed by atoms with Crippen molar-refractivity contribution in [2.75, 3.05) is 12.0 Å². The molecule has 0 radical (unpaired) electrons. The van der Waals surface area contributed by atoms with Crippen LogP contribution in [0.4, 0.5) is 10.1 Å². The molecule has 0 unspecified atom stereocenters. The first-order chi connectivity index (χ1) is 19.9. The lowest BCUT2D eigenvalue weighted by Crippen LogP contribution is -2.29.